The molecule has 1 atom stereocenters. The fraction of sp³-hybridized carbons (Fsp3) is 0.435. The number of thioether (sulfide) groups is 2. The van der Waals surface area contributed by atoms with Crippen molar-refractivity contribution < 1.29 is 13.2 Å². The highest BCUT2D eigenvalue weighted by Gasteiger charge is 2.63. The first-order valence-electron chi connectivity index (χ1n) is 10.2. The van der Waals surface area contributed by atoms with Gasteiger partial charge in [-0.05, 0) is 44.4 Å². The SMILES string of the molecule is Cc1ccc(NC2=NC(c3ccc(C)cc3)(C(F)(F)F)SC3(CCCCC3)S2)cc1. The topological polar surface area (TPSA) is 24.4 Å². The van der Waals surface area contributed by atoms with Crippen LogP contribution in [-0.4, -0.2) is 15.4 Å². The fourth-order valence-corrected chi connectivity index (χ4v) is 7.51. The molecule has 2 aromatic rings. The second-order valence-corrected chi connectivity index (χ2v) is 11.3. The van der Waals surface area contributed by atoms with Crippen LogP contribution in [-0.2, 0) is 4.87 Å². The average molecular weight is 451 g/mol. The lowest BCUT2D eigenvalue weighted by Gasteiger charge is -2.47. The number of aliphatic imine (C=N–C) groups is 1. The van der Waals surface area contributed by atoms with Gasteiger partial charge >= 0.3 is 6.18 Å². The molecule has 2 aromatic carbocycles. The Morgan fingerprint density at radius 3 is 2.00 bits per heavy atom. The molecule has 0 saturated heterocycles. The minimum absolute atomic E-state index is 0.194. The fourth-order valence-electron chi connectivity index (χ4n) is 3.95. The molecule has 2 aliphatic rings. The maximum Gasteiger partial charge on any atom is 0.427 e. The van der Waals surface area contributed by atoms with Crippen LogP contribution in [0.4, 0.5) is 18.9 Å². The largest absolute Gasteiger partial charge is 0.427 e. The first-order valence-corrected chi connectivity index (χ1v) is 11.8. The Hall–Kier alpha value is -1.60. The van der Waals surface area contributed by atoms with E-state index in [1.54, 1.807) is 24.3 Å². The highest BCUT2D eigenvalue weighted by molar-refractivity contribution is 8.27. The number of alkyl halides is 3. The van der Waals surface area contributed by atoms with E-state index in [9.17, 15) is 13.2 Å². The zero-order valence-electron chi connectivity index (χ0n) is 17.1. The van der Waals surface area contributed by atoms with Gasteiger partial charge in [0.25, 0.3) is 0 Å². The Balaban J connectivity index is 1.82. The number of hydrogen-bond acceptors (Lipinski definition) is 4. The summed E-state index contributed by atoms with van der Waals surface area (Å²) in [6, 6.07) is 14.3. The molecule has 1 aliphatic heterocycles. The molecule has 4 rings (SSSR count). The van der Waals surface area contributed by atoms with Crippen molar-refractivity contribution in [3.05, 3.63) is 65.2 Å². The van der Waals surface area contributed by atoms with Crippen molar-refractivity contribution in [2.45, 2.75) is 61.1 Å². The second-order valence-electron chi connectivity index (χ2n) is 8.09. The molecule has 7 heteroatoms. The third-order valence-electron chi connectivity index (χ3n) is 5.62. The van der Waals surface area contributed by atoms with Gasteiger partial charge in [0.05, 0.1) is 4.08 Å². The van der Waals surface area contributed by atoms with Crippen molar-refractivity contribution in [2.75, 3.05) is 5.32 Å². The van der Waals surface area contributed by atoms with E-state index in [4.69, 9.17) is 0 Å². The molecule has 1 spiro atoms. The van der Waals surface area contributed by atoms with E-state index in [0.29, 0.717) is 5.17 Å². The molecule has 0 amide bonds. The summed E-state index contributed by atoms with van der Waals surface area (Å²) in [7, 11) is 0. The van der Waals surface area contributed by atoms with Crippen molar-refractivity contribution in [2.24, 2.45) is 4.99 Å². The average Bonchev–Trinajstić information content (AvgIpc) is 2.69. The molecule has 30 heavy (non-hydrogen) atoms. The van der Waals surface area contributed by atoms with Gasteiger partial charge < -0.3 is 5.32 Å². The van der Waals surface area contributed by atoms with E-state index in [0.717, 1.165) is 60.7 Å². The van der Waals surface area contributed by atoms with E-state index >= 15 is 0 Å². The summed E-state index contributed by atoms with van der Waals surface area (Å²) in [5.41, 5.74) is 2.98. The molecule has 160 valence electrons. The summed E-state index contributed by atoms with van der Waals surface area (Å²) in [4.78, 5) is 2.05. The first-order chi connectivity index (χ1) is 14.2. The second kappa shape index (κ2) is 8.15. The maximum absolute atomic E-state index is 14.7. The van der Waals surface area contributed by atoms with Crippen molar-refractivity contribution in [3.8, 4) is 0 Å². The molecule has 1 aliphatic carbocycles. The number of benzene rings is 2. The van der Waals surface area contributed by atoms with Crippen LogP contribution in [0, 0.1) is 13.8 Å². The standard InChI is InChI=1S/C23H25F3N2S2/c1-16-6-10-18(11-7-16)22(23(24,25)26)28-20(27-19-12-8-17(2)9-13-19)29-21(30-22)14-4-3-5-15-21/h6-13H,3-5,14-15H2,1-2H3,(H,27,28). The molecule has 1 fully saturated rings. The van der Waals surface area contributed by atoms with Crippen LogP contribution in [0.2, 0.25) is 0 Å². The van der Waals surface area contributed by atoms with Gasteiger partial charge in [0.2, 0.25) is 4.87 Å². The van der Waals surface area contributed by atoms with Gasteiger partial charge in [0.15, 0.2) is 5.17 Å². The van der Waals surface area contributed by atoms with E-state index in [1.807, 2.05) is 38.1 Å². The highest BCUT2D eigenvalue weighted by atomic mass is 32.2. The van der Waals surface area contributed by atoms with Gasteiger partial charge in [-0.1, -0.05) is 90.3 Å². The molecule has 1 unspecified atom stereocenters. The van der Waals surface area contributed by atoms with Gasteiger partial charge in [0, 0.05) is 5.69 Å². The summed E-state index contributed by atoms with van der Waals surface area (Å²) in [6.07, 6.45) is -0.0522. The Morgan fingerprint density at radius 2 is 1.43 bits per heavy atom. The summed E-state index contributed by atoms with van der Waals surface area (Å²) in [5, 5.41) is 3.53. The molecule has 0 aromatic heterocycles. The third-order valence-corrected chi connectivity index (χ3v) is 8.92. The molecular formula is C23H25F3N2S2. The first kappa shape index (κ1) is 21.6. The van der Waals surface area contributed by atoms with Crippen LogP contribution < -0.4 is 5.32 Å². The predicted molar refractivity (Wildman–Crippen MR) is 122 cm³/mol. The Kier molecular flexibility index (Phi) is 5.88. The molecule has 0 radical (unpaired) electrons. The monoisotopic (exact) mass is 450 g/mol. The maximum atomic E-state index is 14.7. The van der Waals surface area contributed by atoms with Crippen molar-refractivity contribution in [3.63, 3.8) is 0 Å². The lowest BCUT2D eigenvalue weighted by molar-refractivity contribution is -0.160. The Labute approximate surface area is 184 Å². The van der Waals surface area contributed by atoms with Crippen LogP contribution in [0.15, 0.2) is 53.5 Å². The lowest BCUT2D eigenvalue weighted by atomic mass is 9.99. The quantitative estimate of drug-likeness (QED) is 0.509. The molecule has 1 N–H and O–H groups in total. The van der Waals surface area contributed by atoms with Crippen LogP contribution >= 0.6 is 23.5 Å². The van der Waals surface area contributed by atoms with Crippen molar-refractivity contribution in [1.82, 2.24) is 0 Å². The molecule has 0 bridgehead atoms. The zero-order valence-corrected chi connectivity index (χ0v) is 18.7. The molecule has 1 saturated carbocycles. The minimum atomic E-state index is -4.52. The van der Waals surface area contributed by atoms with Crippen molar-refractivity contribution in [1.29, 1.82) is 0 Å². The van der Waals surface area contributed by atoms with E-state index < -0.39 is 15.1 Å². The molecular weight excluding hydrogens is 425 g/mol. The van der Waals surface area contributed by atoms with Crippen LogP contribution in [0.3, 0.4) is 0 Å². The number of hydrogen-bond donors (Lipinski definition) is 1. The highest BCUT2D eigenvalue weighted by Crippen LogP contribution is 2.64. The number of amidine groups is 1. The normalized spacial score (nSPS) is 23.8. The summed E-state index contributed by atoms with van der Waals surface area (Å²) in [5.74, 6) is 0. The van der Waals surface area contributed by atoms with Gasteiger partial charge in [0.1, 0.15) is 0 Å². The lowest BCUT2D eigenvalue weighted by Crippen LogP contribution is -2.47. The molecule has 2 nitrogen and oxygen atoms in total. The number of nitrogens with zero attached hydrogens (tertiary/aromatic N) is 1. The smallest absolute Gasteiger partial charge is 0.335 e. The number of nitrogens with one attached hydrogen (secondary N) is 1. The van der Waals surface area contributed by atoms with E-state index in [2.05, 4.69) is 10.3 Å². The third kappa shape index (κ3) is 4.24. The van der Waals surface area contributed by atoms with Crippen LogP contribution in [0.25, 0.3) is 0 Å². The number of halogens is 3. The summed E-state index contributed by atoms with van der Waals surface area (Å²) >= 11 is 2.47. The molecule has 1 heterocycles. The van der Waals surface area contributed by atoms with Gasteiger partial charge in [-0.2, -0.15) is 13.2 Å². The van der Waals surface area contributed by atoms with Crippen molar-refractivity contribution >= 4 is 34.4 Å². The zero-order chi connectivity index (χ0) is 21.4. The summed E-state index contributed by atoms with van der Waals surface area (Å²) in [6.45, 7) is 3.86. The van der Waals surface area contributed by atoms with Gasteiger partial charge in [-0.3, -0.25) is 0 Å². The number of anilines is 1. The van der Waals surface area contributed by atoms with Crippen LogP contribution in [0.5, 0.6) is 0 Å². The number of aryl methyl sites for hydroxylation is 2. The minimum Gasteiger partial charge on any atom is -0.335 e. The van der Waals surface area contributed by atoms with Gasteiger partial charge in [-0.15, -0.1) is 0 Å². The number of rotatable bonds is 2. The Morgan fingerprint density at radius 1 is 0.867 bits per heavy atom. The van der Waals surface area contributed by atoms with Crippen LogP contribution in [0.1, 0.15) is 48.8 Å². The van der Waals surface area contributed by atoms with E-state index in [1.165, 1.54) is 11.8 Å². The Bertz CT molecular complexity index is 917. The van der Waals surface area contributed by atoms with E-state index in [-0.39, 0.29) is 5.56 Å². The summed E-state index contributed by atoms with van der Waals surface area (Å²) < 4.78 is 43.6. The van der Waals surface area contributed by atoms with Gasteiger partial charge in [-0.25, -0.2) is 4.99 Å². The predicted octanol–water partition coefficient (Wildman–Crippen LogP) is 7.63.